The molecule has 0 radical (unpaired) electrons. The van der Waals surface area contributed by atoms with Crippen LogP contribution >= 0.6 is 0 Å². The largest absolute Gasteiger partial charge is 0.393 e. The second-order valence-electron chi connectivity index (χ2n) is 11.9. The number of aliphatic hydroxyl groups is 2. The van der Waals surface area contributed by atoms with Crippen LogP contribution in [0.3, 0.4) is 0 Å². The number of rotatable bonds is 4. The molecule has 1 spiro atoms. The van der Waals surface area contributed by atoms with Crippen molar-refractivity contribution >= 4 is 0 Å². The molecule has 174 valence electrons. The highest BCUT2D eigenvalue weighted by molar-refractivity contribution is 5.26. The molecule has 1 saturated heterocycles. The Hall–Kier alpha value is -0.680. The minimum absolute atomic E-state index is 0.231. The van der Waals surface area contributed by atoms with Crippen LogP contribution in [-0.2, 0) is 4.74 Å². The Balaban J connectivity index is 1.26. The number of ether oxygens (including phenoxy) is 1. The predicted octanol–water partition coefficient (Wildman–Crippen LogP) is 4.46. The van der Waals surface area contributed by atoms with Crippen LogP contribution in [0.5, 0.6) is 0 Å². The molecule has 0 amide bonds. The van der Waals surface area contributed by atoms with E-state index in [0.717, 1.165) is 44.4 Å². The van der Waals surface area contributed by atoms with Gasteiger partial charge in [-0.2, -0.15) is 0 Å². The summed E-state index contributed by atoms with van der Waals surface area (Å²) < 4.78 is 6.04. The molecule has 0 bridgehead atoms. The van der Waals surface area contributed by atoms with Gasteiger partial charge in [0.1, 0.15) is 0 Å². The Labute approximate surface area is 188 Å². The molecule has 5 aliphatic rings. The third-order valence-electron chi connectivity index (χ3n) is 9.48. The van der Waals surface area contributed by atoms with Crippen LogP contribution in [0.2, 0.25) is 0 Å². The van der Waals surface area contributed by atoms with Crippen molar-refractivity contribution in [2.45, 2.75) is 95.9 Å². The van der Waals surface area contributed by atoms with Crippen LogP contribution in [-0.4, -0.2) is 59.2 Å². The molecule has 0 aromatic heterocycles. The number of hydrogen-bond acceptors (Lipinski definition) is 4. The lowest BCUT2D eigenvalue weighted by Gasteiger charge is -2.45. The highest BCUT2D eigenvalue weighted by Gasteiger charge is 2.52. The second-order valence-corrected chi connectivity index (χ2v) is 11.9. The van der Waals surface area contributed by atoms with Gasteiger partial charge < -0.3 is 14.9 Å². The molecule has 5 fully saturated rings. The molecule has 2 N–H and O–H groups in total. The van der Waals surface area contributed by atoms with E-state index in [9.17, 15) is 10.2 Å². The molecule has 4 nitrogen and oxygen atoms in total. The van der Waals surface area contributed by atoms with Gasteiger partial charge in [0.15, 0.2) is 0 Å². The molecule has 4 heteroatoms. The molecule has 0 aromatic carbocycles. The minimum atomic E-state index is -0.378. The summed E-state index contributed by atoms with van der Waals surface area (Å²) >= 11 is 0. The van der Waals surface area contributed by atoms with Gasteiger partial charge in [-0.1, -0.05) is 37.1 Å². The van der Waals surface area contributed by atoms with E-state index < -0.39 is 0 Å². The number of fused-ring (bicyclic) bond motifs is 1. The number of nitrogens with zero attached hydrogens (tertiary/aromatic N) is 1. The van der Waals surface area contributed by atoms with E-state index in [4.69, 9.17) is 4.74 Å². The summed E-state index contributed by atoms with van der Waals surface area (Å²) in [6, 6.07) is 0. The molecule has 4 saturated carbocycles. The van der Waals surface area contributed by atoms with Gasteiger partial charge in [0.25, 0.3) is 0 Å². The lowest BCUT2D eigenvalue weighted by Crippen LogP contribution is -2.47. The molecule has 0 aromatic rings. The smallest absolute Gasteiger partial charge is 0.0811 e. The molecule has 31 heavy (non-hydrogen) atoms. The summed E-state index contributed by atoms with van der Waals surface area (Å²) in [6.07, 6.45) is 15.0. The zero-order valence-electron chi connectivity index (χ0n) is 19.7. The Morgan fingerprint density at radius 2 is 1.90 bits per heavy atom. The van der Waals surface area contributed by atoms with E-state index >= 15 is 0 Å². The number of aliphatic hydroxyl groups excluding tert-OH is 2. The van der Waals surface area contributed by atoms with E-state index in [1.165, 1.54) is 57.1 Å². The average Bonchev–Trinajstić information content (AvgIpc) is 3.34. The molecular weight excluding hydrogens is 386 g/mol. The zero-order chi connectivity index (χ0) is 21.6. The quantitative estimate of drug-likeness (QED) is 0.693. The van der Waals surface area contributed by atoms with Crippen LogP contribution in [0.4, 0.5) is 0 Å². The summed E-state index contributed by atoms with van der Waals surface area (Å²) in [6.45, 7) is 9.51. The van der Waals surface area contributed by atoms with Crippen molar-refractivity contribution in [2.75, 3.05) is 26.2 Å². The van der Waals surface area contributed by atoms with E-state index in [1.807, 2.05) is 0 Å². The molecule has 6 atom stereocenters. The normalized spacial score (nSPS) is 42.6. The Bertz CT molecular complexity index is 714. The fraction of sp³-hybridized carbons (Fsp3) is 0.852. The highest BCUT2D eigenvalue weighted by atomic mass is 16.5. The van der Waals surface area contributed by atoms with Crippen molar-refractivity contribution in [3.8, 4) is 0 Å². The van der Waals surface area contributed by atoms with Gasteiger partial charge in [0, 0.05) is 19.6 Å². The maximum absolute atomic E-state index is 10.0. The standard InChI is InChI=1S/C27H43NO3/c1-19(17-28-12-13-31-27(18-28)10-11-27)24-7-8-25-21(4-3-9-26(24,25)2)6-5-20-14-22(29)16-23(30)15-20/h5-6,19,22-25,29-30H,3-4,7-18H2,1-2H3/t19?,22-,23-,24-,25+,26-/m1/s1. The fourth-order valence-corrected chi connectivity index (χ4v) is 7.80. The topological polar surface area (TPSA) is 52.9 Å². The fourth-order valence-electron chi connectivity index (χ4n) is 7.80. The first-order valence-corrected chi connectivity index (χ1v) is 13.0. The maximum Gasteiger partial charge on any atom is 0.0811 e. The summed E-state index contributed by atoms with van der Waals surface area (Å²) in [5.74, 6) is 2.26. The third-order valence-corrected chi connectivity index (χ3v) is 9.48. The SMILES string of the molecule is CC(CN1CCOC2(CC2)C1)[C@H]1CC[C@H]2C(=CC=C3C[C@@H](O)C[C@H](O)C3)CCC[C@]12C. The van der Waals surface area contributed by atoms with Crippen LogP contribution in [0, 0.1) is 23.2 Å². The van der Waals surface area contributed by atoms with Gasteiger partial charge >= 0.3 is 0 Å². The molecule has 1 unspecified atom stereocenters. The Morgan fingerprint density at radius 1 is 1.13 bits per heavy atom. The van der Waals surface area contributed by atoms with Gasteiger partial charge in [-0.3, -0.25) is 4.90 Å². The van der Waals surface area contributed by atoms with Crippen molar-refractivity contribution in [1.29, 1.82) is 0 Å². The monoisotopic (exact) mass is 429 g/mol. The summed E-state index contributed by atoms with van der Waals surface area (Å²) in [5, 5.41) is 20.0. The zero-order valence-corrected chi connectivity index (χ0v) is 19.7. The van der Waals surface area contributed by atoms with Crippen LogP contribution in [0.25, 0.3) is 0 Å². The lowest BCUT2D eigenvalue weighted by atomic mass is 9.61. The van der Waals surface area contributed by atoms with Crippen molar-refractivity contribution in [2.24, 2.45) is 23.2 Å². The molecule has 4 aliphatic carbocycles. The third kappa shape index (κ3) is 4.55. The molecule has 1 aliphatic heterocycles. The minimum Gasteiger partial charge on any atom is -0.393 e. The van der Waals surface area contributed by atoms with Gasteiger partial charge in [0.2, 0.25) is 0 Å². The number of morpholine rings is 1. The second kappa shape index (κ2) is 8.59. The molecular formula is C27H43NO3. The first-order chi connectivity index (χ1) is 14.9. The van der Waals surface area contributed by atoms with E-state index in [-0.39, 0.29) is 17.8 Å². The van der Waals surface area contributed by atoms with Crippen LogP contribution < -0.4 is 0 Å². The van der Waals surface area contributed by atoms with Crippen molar-refractivity contribution in [3.63, 3.8) is 0 Å². The number of allylic oxidation sites excluding steroid dienone is 3. The maximum atomic E-state index is 10.0. The number of hydrogen-bond donors (Lipinski definition) is 2. The predicted molar refractivity (Wildman–Crippen MR) is 124 cm³/mol. The average molecular weight is 430 g/mol. The van der Waals surface area contributed by atoms with E-state index in [1.54, 1.807) is 5.57 Å². The van der Waals surface area contributed by atoms with Crippen LogP contribution in [0.1, 0.15) is 78.1 Å². The van der Waals surface area contributed by atoms with Gasteiger partial charge in [0.05, 0.1) is 24.4 Å². The van der Waals surface area contributed by atoms with Crippen molar-refractivity contribution in [3.05, 3.63) is 23.3 Å². The van der Waals surface area contributed by atoms with Crippen molar-refractivity contribution < 1.29 is 14.9 Å². The Morgan fingerprint density at radius 3 is 2.65 bits per heavy atom. The van der Waals surface area contributed by atoms with Gasteiger partial charge in [-0.05, 0) is 87.4 Å². The van der Waals surface area contributed by atoms with Crippen molar-refractivity contribution in [1.82, 2.24) is 4.90 Å². The summed E-state index contributed by atoms with van der Waals surface area (Å²) in [4.78, 5) is 2.70. The Kier molecular flexibility index (Phi) is 6.13. The summed E-state index contributed by atoms with van der Waals surface area (Å²) in [7, 11) is 0. The summed E-state index contributed by atoms with van der Waals surface area (Å²) in [5.41, 5.74) is 3.51. The van der Waals surface area contributed by atoms with E-state index in [0.29, 0.717) is 17.8 Å². The lowest BCUT2D eigenvalue weighted by molar-refractivity contribution is -0.0546. The van der Waals surface area contributed by atoms with Gasteiger partial charge in [-0.25, -0.2) is 0 Å². The molecule has 1 heterocycles. The van der Waals surface area contributed by atoms with Gasteiger partial charge in [-0.15, -0.1) is 0 Å². The highest BCUT2D eigenvalue weighted by Crippen LogP contribution is 2.59. The van der Waals surface area contributed by atoms with E-state index in [2.05, 4.69) is 30.9 Å². The van der Waals surface area contributed by atoms with Crippen LogP contribution in [0.15, 0.2) is 23.3 Å². The first-order valence-electron chi connectivity index (χ1n) is 13.0. The first kappa shape index (κ1) is 22.1. The molecule has 5 rings (SSSR count).